The molecular formula is C25H35Cl2N5O. The lowest BCUT2D eigenvalue weighted by molar-refractivity contribution is -0.134. The molecule has 1 aromatic carbocycles. The SMILES string of the molecule is O=C(CCCc1nnnn1C1CCCCC1)N(CCc1ccc(Cl)c(Cl)c1)C1CCCCC1. The van der Waals surface area contributed by atoms with Gasteiger partial charge >= 0.3 is 0 Å². The summed E-state index contributed by atoms with van der Waals surface area (Å²) in [5, 5.41) is 13.6. The van der Waals surface area contributed by atoms with Gasteiger partial charge in [-0.3, -0.25) is 4.79 Å². The summed E-state index contributed by atoms with van der Waals surface area (Å²) in [7, 11) is 0. The summed E-state index contributed by atoms with van der Waals surface area (Å²) in [4.78, 5) is 15.5. The van der Waals surface area contributed by atoms with Crippen LogP contribution in [0.4, 0.5) is 0 Å². The Kier molecular flexibility index (Phi) is 9.02. The number of rotatable bonds is 9. The first kappa shape index (κ1) is 24.5. The van der Waals surface area contributed by atoms with Gasteiger partial charge in [0.25, 0.3) is 0 Å². The normalized spacial score (nSPS) is 17.9. The van der Waals surface area contributed by atoms with E-state index in [1.807, 2.05) is 22.9 Å². The Labute approximate surface area is 207 Å². The number of aryl methyl sites for hydroxylation is 1. The third-order valence-corrected chi connectivity index (χ3v) is 7.97. The van der Waals surface area contributed by atoms with E-state index in [0.29, 0.717) is 28.5 Å². The fourth-order valence-corrected chi connectivity index (χ4v) is 5.70. The van der Waals surface area contributed by atoms with Crippen molar-refractivity contribution in [3.63, 3.8) is 0 Å². The predicted molar refractivity (Wildman–Crippen MR) is 132 cm³/mol. The quantitative estimate of drug-likeness (QED) is 0.417. The van der Waals surface area contributed by atoms with E-state index in [9.17, 15) is 4.79 Å². The molecule has 0 aliphatic heterocycles. The van der Waals surface area contributed by atoms with Gasteiger partial charge in [-0.25, -0.2) is 4.68 Å². The van der Waals surface area contributed by atoms with Crippen molar-refractivity contribution in [2.75, 3.05) is 6.54 Å². The lowest BCUT2D eigenvalue weighted by Crippen LogP contribution is -2.42. The molecule has 0 atom stereocenters. The molecule has 1 heterocycles. The summed E-state index contributed by atoms with van der Waals surface area (Å²) in [5.74, 6) is 1.17. The average Bonchev–Trinajstić information content (AvgIpc) is 3.31. The highest BCUT2D eigenvalue weighted by Gasteiger charge is 2.25. The number of tetrazole rings is 1. The second-order valence-electron chi connectivity index (χ2n) is 9.56. The molecule has 0 N–H and O–H groups in total. The molecule has 180 valence electrons. The molecule has 2 fully saturated rings. The van der Waals surface area contributed by atoms with Crippen LogP contribution in [0.25, 0.3) is 0 Å². The number of carbonyl (C=O) groups excluding carboxylic acids is 1. The zero-order valence-corrected chi connectivity index (χ0v) is 20.9. The first-order valence-corrected chi connectivity index (χ1v) is 13.4. The van der Waals surface area contributed by atoms with Gasteiger partial charge in [-0.15, -0.1) is 5.10 Å². The van der Waals surface area contributed by atoms with Gasteiger partial charge in [-0.2, -0.15) is 0 Å². The Hall–Kier alpha value is -1.66. The van der Waals surface area contributed by atoms with E-state index in [1.54, 1.807) is 0 Å². The van der Waals surface area contributed by atoms with Gasteiger partial charge in [-0.1, -0.05) is 67.8 Å². The third-order valence-electron chi connectivity index (χ3n) is 7.23. The molecule has 0 bridgehead atoms. The van der Waals surface area contributed by atoms with Crippen molar-refractivity contribution in [2.24, 2.45) is 0 Å². The second-order valence-corrected chi connectivity index (χ2v) is 10.4. The van der Waals surface area contributed by atoms with Crippen LogP contribution in [0, 0.1) is 0 Å². The summed E-state index contributed by atoms with van der Waals surface area (Å²) in [6, 6.07) is 6.52. The number of aromatic nitrogens is 4. The van der Waals surface area contributed by atoms with Crippen molar-refractivity contribution in [3.8, 4) is 0 Å². The predicted octanol–water partition coefficient (Wildman–Crippen LogP) is 6.21. The number of halogens is 2. The fourth-order valence-electron chi connectivity index (χ4n) is 5.38. The molecule has 2 aliphatic carbocycles. The molecule has 2 saturated carbocycles. The molecule has 1 amide bonds. The summed E-state index contributed by atoms with van der Waals surface area (Å²) in [6.07, 6.45) is 14.9. The topological polar surface area (TPSA) is 63.9 Å². The Morgan fingerprint density at radius 2 is 1.70 bits per heavy atom. The first-order chi connectivity index (χ1) is 16.1. The van der Waals surface area contributed by atoms with E-state index < -0.39 is 0 Å². The number of amides is 1. The smallest absolute Gasteiger partial charge is 0.222 e. The Morgan fingerprint density at radius 3 is 2.42 bits per heavy atom. The van der Waals surface area contributed by atoms with E-state index in [1.165, 1.54) is 38.5 Å². The molecule has 8 heteroatoms. The van der Waals surface area contributed by atoms with Gasteiger partial charge in [0.1, 0.15) is 0 Å². The Balaban J connectivity index is 1.34. The van der Waals surface area contributed by atoms with Crippen LogP contribution in [-0.4, -0.2) is 43.6 Å². The van der Waals surface area contributed by atoms with Gasteiger partial charge < -0.3 is 4.90 Å². The summed E-state index contributed by atoms with van der Waals surface area (Å²) < 4.78 is 2.02. The number of benzene rings is 1. The van der Waals surface area contributed by atoms with Gasteiger partial charge in [-0.05, 0) is 66.6 Å². The van der Waals surface area contributed by atoms with Crippen molar-refractivity contribution in [1.82, 2.24) is 25.1 Å². The molecule has 33 heavy (non-hydrogen) atoms. The number of hydrogen-bond donors (Lipinski definition) is 0. The van der Waals surface area contributed by atoms with E-state index in [-0.39, 0.29) is 5.91 Å². The van der Waals surface area contributed by atoms with Crippen molar-refractivity contribution in [3.05, 3.63) is 39.6 Å². The van der Waals surface area contributed by atoms with Crippen LogP contribution in [-0.2, 0) is 17.6 Å². The van der Waals surface area contributed by atoms with E-state index in [0.717, 1.165) is 62.9 Å². The highest BCUT2D eigenvalue weighted by Crippen LogP contribution is 2.29. The van der Waals surface area contributed by atoms with Crippen molar-refractivity contribution < 1.29 is 4.79 Å². The number of carbonyl (C=O) groups is 1. The number of hydrogen-bond acceptors (Lipinski definition) is 4. The van der Waals surface area contributed by atoms with Crippen LogP contribution in [0.15, 0.2) is 18.2 Å². The van der Waals surface area contributed by atoms with Crippen LogP contribution >= 0.6 is 23.2 Å². The van der Waals surface area contributed by atoms with E-state index in [4.69, 9.17) is 23.2 Å². The van der Waals surface area contributed by atoms with Crippen LogP contribution in [0.1, 0.15) is 94.5 Å². The van der Waals surface area contributed by atoms with Gasteiger partial charge in [0, 0.05) is 25.4 Å². The van der Waals surface area contributed by atoms with Crippen molar-refractivity contribution in [2.45, 2.75) is 102 Å². The zero-order chi connectivity index (χ0) is 23.0. The molecule has 2 aliphatic rings. The molecule has 0 spiro atoms. The summed E-state index contributed by atoms with van der Waals surface area (Å²) >= 11 is 12.3. The number of nitrogens with zero attached hydrogens (tertiary/aromatic N) is 5. The van der Waals surface area contributed by atoms with Crippen LogP contribution < -0.4 is 0 Å². The maximum Gasteiger partial charge on any atom is 0.222 e. The molecule has 4 rings (SSSR count). The van der Waals surface area contributed by atoms with Crippen LogP contribution in [0.2, 0.25) is 10.0 Å². The van der Waals surface area contributed by atoms with E-state index in [2.05, 4.69) is 20.4 Å². The lowest BCUT2D eigenvalue weighted by Gasteiger charge is -2.34. The monoisotopic (exact) mass is 491 g/mol. The lowest BCUT2D eigenvalue weighted by atomic mass is 9.93. The zero-order valence-electron chi connectivity index (χ0n) is 19.4. The maximum atomic E-state index is 13.3. The van der Waals surface area contributed by atoms with Crippen molar-refractivity contribution >= 4 is 29.1 Å². The largest absolute Gasteiger partial charge is 0.339 e. The summed E-state index contributed by atoms with van der Waals surface area (Å²) in [6.45, 7) is 0.723. The standard InChI is InChI=1S/C25H35Cl2N5O/c26-22-15-14-19(18-23(22)27)16-17-31(20-8-3-1-4-9-20)25(33)13-7-12-24-28-29-30-32(24)21-10-5-2-6-11-21/h14-15,18,20-21H,1-13,16-17H2. The van der Waals surface area contributed by atoms with Crippen LogP contribution in [0.5, 0.6) is 0 Å². The molecule has 1 aromatic heterocycles. The highest BCUT2D eigenvalue weighted by molar-refractivity contribution is 6.42. The molecular weight excluding hydrogens is 457 g/mol. The maximum absolute atomic E-state index is 13.3. The fraction of sp³-hybridized carbons (Fsp3) is 0.680. The highest BCUT2D eigenvalue weighted by atomic mass is 35.5. The van der Waals surface area contributed by atoms with Gasteiger partial charge in [0.15, 0.2) is 5.82 Å². The molecule has 0 saturated heterocycles. The third kappa shape index (κ3) is 6.69. The Bertz CT molecular complexity index is 906. The van der Waals surface area contributed by atoms with Gasteiger partial charge in [0.05, 0.1) is 16.1 Å². The average molecular weight is 492 g/mol. The van der Waals surface area contributed by atoms with Gasteiger partial charge in [0.2, 0.25) is 5.91 Å². The Morgan fingerprint density at radius 1 is 0.970 bits per heavy atom. The van der Waals surface area contributed by atoms with Crippen molar-refractivity contribution in [1.29, 1.82) is 0 Å². The first-order valence-electron chi connectivity index (χ1n) is 12.6. The second kappa shape index (κ2) is 12.2. The van der Waals surface area contributed by atoms with Crippen LogP contribution in [0.3, 0.4) is 0 Å². The molecule has 0 unspecified atom stereocenters. The minimum absolute atomic E-state index is 0.249. The minimum atomic E-state index is 0.249. The summed E-state index contributed by atoms with van der Waals surface area (Å²) in [5.41, 5.74) is 1.12. The van der Waals surface area contributed by atoms with E-state index >= 15 is 0 Å². The minimum Gasteiger partial charge on any atom is -0.339 e. The molecule has 2 aromatic rings. The molecule has 6 nitrogen and oxygen atoms in total. The molecule has 0 radical (unpaired) electrons.